The van der Waals surface area contributed by atoms with Gasteiger partial charge in [0, 0.05) is 26.7 Å². The van der Waals surface area contributed by atoms with Gasteiger partial charge in [0.1, 0.15) is 6.04 Å². The Morgan fingerprint density at radius 2 is 2.06 bits per heavy atom. The topological polar surface area (TPSA) is 90.9 Å². The monoisotopic (exact) mass is 247 g/mol. The number of ether oxygens (including phenoxy) is 1. The van der Waals surface area contributed by atoms with Gasteiger partial charge in [-0.2, -0.15) is 0 Å². The van der Waals surface area contributed by atoms with Crippen molar-refractivity contribution < 1.29 is 19.4 Å². The van der Waals surface area contributed by atoms with Crippen molar-refractivity contribution in [2.75, 3.05) is 40.4 Å². The SMILES string of the molecule is COCCN(C)CCNC(=O)N[C@H](C)C(=O)O. The number of hydrogen-bond acceptors (Lipinski definition) is 4. The molecule has 0 aromatic heterocycles. The molecule has 0 radical (unpaired) electrons. The van der Waals surface area contributed by atoms with E-state index in [0.717, 1.165) is 6.54 Å². The van der Waals surface area contributed by atoms with Gasteiger partial charge >= 0.3 is 12.0 Å². The summed E-state index contributed by atoms with van der Waals surface area (Å²) in [5.74, 6) is -1.06. The maximum Gasteiger partial charge on any atom is 0.325 e. The van der Waals surface area contributed by atoms with Crippen LogP contribution in [0.15, 0.2) is 0 Å². The van der Waals surface area contributed by atoms with Crippen molar-refractivity contribution in [3.63, 3.8) is 0 Å². The lowest BCUT2D eigenvalue weighted by atomic mass is 10.3. The molecule has 0 rings (SSSR count). The molecule has 0 aliphatic rings. The molecule has 3 N–H and O–H groups in total. The molecule has 1 atom stereocenters. The van der Waals surface area contributed by atoms with Gasteiger partial charge in [-0.3, -0.25) is 4.79 Å². The third-order valence-electron chi connectivity index (χ3n) is 2.17. The maximum absolute atomic E-state index is 11.2. The fraction of sp³-hybridized carbons (Fsp3) is 0.800. The highest BCUT2D eigenvalue weighted by Crippen LogP contribution is 1.83. The molecule has 0 unspecified atom stereocenters. The zero-order valence-corrected chi connectivity index (χ0v) is 10.5. The highest BCUT2D eigenvalue weighted by molar-refractivity contribution is 5.82. The number of nitrogens with zero attached hydrogens (tertiary/aromatic N) is 1. The molecule has 2 amide bonds. The zero-order valence-electron chi connectivity index (χ0n) is 10.5. The van der Waals surface area contributed by atoms with E-state index in [1.165, 1.54) is 6.92 Å². The van der Waals surface area contributed by atoms with Crippen LogP contribution in [-0.4, -0.2) is 68.4 Å². The largest absolute Gasteiger partial charge is 0.480 e. The van der Waals surface area contributed by atoms with E-state index < -0.39 is 18.0 Å². The first kappa shape index (κ1) is 15.7. The van der Waals surface area contributed by atoms with Gasteiger partial charge < -0.3 is 25.4 Å². The standard InChI is InChI=1S/C10H21N3O4/c1-8(9(14)15)12-10(16)11-4-5-13(2)6-7-17-3/h8H,4-7H2,1-3H3,(H,14,15)(H2,11,12,16)/t8-/m1/s1. The van der Waals surface area contributed by atoms with Crippen molar-refractivity contribution in [2.45, 2.75) is 13.0 Å². The molecule has 0 aromatic rings. The molecule has 0 saturated carbocycles. The molecule has 17 heavy (non-hydrogen) atoms. The molecule has 7 heteroatoms. The van der Waals surface area contributed by atoms with E-state index in [4.69, 9.17) is 9.84 Å². The minimum Gasteiger partial charge on any atom is -0.480 e. The third-order valence-corrected chi connectivity index (χ3v) is 2.17. The number of carbonyl (C=O) groups is 2. The van der Waals surface area contributed by atoms with Crippen LogP contribution < -0.4 is 10.6 Å². The lowest BCUT2D eigenvalue weighted by molar-refractivity contribution is -0.138. The average Bonchev–Trinajstić information content (AvgIpc) is 2.26. The summed E-state index contributed by atoms with van der Waals surface area (Å²) < 4.78 is 4.91. The molecular weight excluding hydrogens is 226 g/mol. The van der Waals surface area contributed by atoms with Crippen LogP contribution in [0.2, 0.25) is 0 Å². The van der Waals surface area contributed by atoms with Crippen molar-refractivity contribution >= 4 is 12.0 Å². The van der Waals surface area contributed by atoms with E-state index in [9.17, 15) is 9.59 Å². The van der Waals surface area contributed by atoms with E-state index in [0.29, 0.717) is 19.7 Å². The van der Waals surface area contributed by atoms with Crippen LogP contribution in [-0.2, 0) is 9.53 Å². The predicted molar refractivity (Wildman–Crippen MR) is 63.0 cm³/mol. The van der Waals surface area contributed by atoms with Gasteiger partial charge in [-0.25, -0.2) is 4.79 Å². The molecule has 0 saturated heterocycles. The van der Waals surface area contributed by atoms with Crippen LogP contribution in [0.3, 0.4) is 0 Å². The van der Waals surface area contributed by atoms with Crippen LogP contribution in [0.1, 0.15) is 6.92 Å². The molecular formula is C10H21N3O4. The van der Waals surface area contributed by atoms with Gasteiger partial charge in [-0.15, -0.1) is 0 Å². The van der Waals surface area contributed by atoms with Crippen LogP contribution in [0.5, 0.6) is 0 Å². The minimum absolute atomic E-state index is 0.457. The molecule has 0 aliphatic heterocycles. The predicted octanol–water partition coefficient (Wildman–Crippen LogP) is -0.663. The molecule has 100 valence electrons. The van der Waals surface area contributed by atoms with E-state index in [2.05, 4.69) is 10.6 Å². The summed E-state index contributed by atoms with van der Waals surface area (Å²) in [4.78, 5) is 23.7. The highest BCUT2D eigenvalue weighted by Gasteiger charge is 2.13. The van der Waals surface area contributed by atoms with Crippen molar-refractivity contribution in [1.29, 1.82) is 0 Å². The number of carbonyl (C=O) groups excluding carboxylic acids is 1. The maximum atomic E-state index is 11.2. The Kier molecular flexibility index (Phi) is 8.08. The highest BCUT2D eigenvalue weighted by atomic mass is 16.5. The number of hydrogen-bond donors (Lipinski definition) is 3. The summed E-state index contributed by atoms with van der Waals surface area (Å²) in [6.07, 6.45) is 0. The summed E-state index contributed by atoms with van der Waals surface area (Å²) in [5, 5.41) is 13.5. The number of aliphatic carboxylic acids is 1. The fourth-order valence-electron chi connectivity index (χ4n) is 1.03. The van der Waals surface area contributed by atoms with E-state index >= 15 is 0 Å². The zero-order chi connectivity index (χ0) is 13.3. The van der Waals surface area contributed by atoms with Crippen molar-refractivity contribution in [3.05, 3.63) is 0 Å². The van der Waals surface area contributed by atoms with E-state index in [-0.39, 0.29) is 0 Å². The number of urea groups is 1. The Morgan fingerprint density at radius 1 is 1.41 bits per heavy atom. The van der Waals surface area contributed by atoms with Crippen LogP contribution in [0, 0.1) is 0 Å². The molecule has 0 spiro atoms. The summed E-state index contributed by atoms with van der Waals surface area (Å²) in [7, 11) is 3.55. The van der Waals surface area contributed by atoms with E-state index in [1.807, 2.05) is 11.9 Å². The Hall–Kier alpha value is -1.34. The summed E-state index contributed by atoms with van der Waals surface area (Å²) >= 11 is 0. The second-order valence-electron chi connectivity index (χ2n) is 3.76. The molecule has 0 heterocycles. The quantitative estimate of drug-likeness (QED) is 0.529. The number of carboxylic acid groups (broad SMARTS) is 1. The lowest BCUT2D eigenvalue weighted by Gasteiger charge is -2.16. The minimum atomic E-state index is -1.06. The van der Waals surface area contributed by atoms with Gasteiger partial charge in [0.05, 0.1) is 6.61 Å². The van der Waals surface area contributed by atoms with Gasteiger partial charge in [-0.05, 0) is 14.0 Å². The Labute approximate surface area is 101 Å². The first-order chi connectivity index (χ1) is 7.97. The van der Waals surface area contributed by atoms with Crippen molar-refractivity contribution in [3.8, 4) is 0 Å². The summed E-state index contributed by atoms with van der Waals surface area (Å²) in [5.41, 5.74) is 0. The average molecular weight is 247 g/mol. The van der Waals surface area contributed by atoms with Crippen molar-refractivity contribution in [2.24, 2.45) is 0 Å². The van der Waals surface area contributed by atoms with Gasteiger partial charge in [0.25, 0.3) is 0 Å². The smallest absolute Gasteiger partial charge is 0.325 e. The number of likely N-dealkylation sites (N-methyl/N-ethyl adjacent to an activating group) is 1. The first-order valence-corrected chi connectivity index (χ1v) is 5.42. The van der Waals surface area contributed by atoms with Gasteiger partial charge in [0.15, 0.2) is 0 Å². The second kappa shape index (κ2) is 8.77. The number of methoxy groups -OCH3 is 1. The Balaban J connectivity index is 3.60. The van der Waals surface area contributed by atoms with E-state index in [1.54, 1.807) is 7.11 Å². The second-order valence-corrected chi connectivity index (χ2v) is 3.76. The lowest BCUT2D eigenvalue weighted by Crippen LogP contribution is -2.46. The molecule has 0 fully saturated rings. The van der Waals surface area contributed by atoms with Crippen LogP contribution in [0.4, 0.5) is 4.79 Å². The third kappa shape index (κ3) is 8.47. The summed E-state index contributed by atoms with van der Waals surface area (Å²) in [6, 6.07) is -1.36. The molecule has 0 aliphatic carbocycles. The van der Waals surface area contributed by atoms with Crippen LogP contribution in [0.25, 0.3) is 0 Å². The number of carboxylic acids is 1. The molecule has 7 nitrogen and oxygen atoms in total. The summed E-state index contributed by atoms with van der Waals surface area (Å²) in [6.45, 7) is 3.97. The van der Waals surface area contributed by atoms with Gasteiger partial charge in [0.2, 0.25) is 0 Å². The van der Waals surface area contributed by atoms with Gasteiger partial charge in [-0.1, -0.05) is 0 Å². The first-order valence-electron chi connectivity index (χ1n) is 5.42. The number of amides is 2. The Morgan fingerprint density at radius 3 is 2.59 bits per heavy atom. The van der Waals surface area contributed by atoms with Crippen molar-refractivity contribution in [1.82, 2.24) is 15.5 Å². The number of rotatable bonds is 8. The molecule has 0 bridgehead atoms. The molecule has 0 aromatic carbocycles. The Bertz CT molecular complexity index is 248. The number of nitrogens with one attached hydrogen (secondary N) is 2. The fourth-order valence-corrected chi connectivity index (χ4v) is 1.03. The van der Waals surface area contributed by atoms with Crippen LogP contribution >= 0.6 is 0 Å². The normalized spacial score (nSPS) is 12.2.